The number of carbonyl (C=O) groups excluding carboxylic acids is 2. The van der Waals surface area contributed by atoms with Crippen molar-refractivity contribution in [3.8, 4) is 0 Å². The van der Waals surface area contributed by atoms with Crippen molar-refractivity contribution in [3.63, 3.8) is 0 Å². The summed E-state index contributed by atoms with van der Waals surface area (Å²) in [6.45, 7) is 14.5. The molecule has 0 aliphatic carbocycles. The number of rotatable bonds is 10. The highest BCUT2D eigenvalue weighted by Gasteiger charge is 2.27. The summed E-state index contributed by atoms with van der Waals surface area (Å²) < 4.78 is 45.2. The standard InChI is InChI=1S/C21H31NO4S.C21H31NO3S/c1-21(2,3)26-20(23)22-15-13-18(14-16-22)8-6-5-7-17-9-11-19(12-10-17)27(4,24)25;1-21(2,3)25-20(23)22-15-13-18(14-16-22)8-6-5-7-17-9-11-19(12-10-17)26(4)24/h5,7,9-12,18H,6,8,13-16H2,1-4H3;5,7,9-12,18H,6,8,13-16H2,1-4H3/b2*7-5+. The lowest BCUT2D eigenvalue weighted by atomic mass is 9.92. The van der Waals surface area contributed by atoms with Crippen LogP contribution in [-0.2, 0) is 30.1 Å². The molecule has 2 aromatic rings. The number of ether oxygens (including phenoxy) is 2. The first-order valence-corrected chi connectivity index (χ1v) is 22.3. The summed E-state index contributed by atoms with van der Waals surface area (Å²) >= 11 is 0. The van der Waals surface area contributed by atoms with Crippen LogP contribution in [0.1, 0.15) is 104 Å². The van der Waals surface area contributed by atoms with Gasteiger partial charge in [0, 0.05) is 54.4 Å². The summed E-state index contributed by atoms with van der Waals surface area (Å²) in [7, 11) is -4.06. The quantitative estimate of drug-likeness (QED) is 0.237. The summed E-state index contributed by atoms with van der Waals surface area (Å²) in [4.78, 5) is 29.0. The number of sulfone groups is 1. The van der Waals surface area contributed by atoms with Crippen LogP contribution in [0.5, 0.6) is 0 Å². The molecule has 2 amide bonds. The molecule has 2 aliphatic heterocycles. The number of benzene rings is 2. The molecule has 2 aromatic carbocycles. The Hall–Kier alpha value is -3.44. The number of hydrogen-bond donors (Lipinski definition) is 0. The number of likely N-dealkylation sites (tertiary alicyclic amines) is 2. The van der Waals surface area contributed by atoms with Crippen molar-refractivity contribution in [1.29, 1.82) is 0 Å². The van der Waals surface area contributed by atoms with Crippen LogP contribution in [0.3, 0.4) is 0 Å². The SMILES string of the molecule is CC(C)(C)OC(=O)N1CCC(CC/C=C/c2ccc(S(C)(=O)=O)cc2)CC1.CS(=O)c1ccc(/C=C/CCC2CCN(C(=O)OC(C)(C)C)CC2)cc1. The second-order valence-corrected chi connectivity index (χ2v) is 19.5. The number of carbonyl (C=O) groups is 2. The molecule has 294 valence electrons. The van der Waals surface area contributed by atoms with E-state index in [-0.39, 0.29) is 12.2 Å². The summed E-state index contributed by atoms with van der Waals surface area (Å²) in [5.74, 6) is 1.30. The van der Waals surface area contributed by atoms with Crippen LogP contribution in [0.25, 0.3) is 12.2 Å². The molecule has 2 saturated heterocycles. The Morgan fingerprint density at radius 2 is 1.06 bits per heavy atom. The lowest BCUT2D eigenvalue weighted by Crippen LogP contribution is -2.41. The van der Waals surface area contributed by atoms with Crippen LogP contribution < -0.4 is 0 Å². The van der Waals surface area contributed by atoms with Crippen LogP contribution in [0.15, 0.2) is 70.5 Å². The van der Waals surface area contributed by atoms with Crippen molar-refractivity contribution >= 4 is 45.0 Å². The molecule has 11 heteroatoms. The van der Waals surface area contributed by atoms with Gasteiger partial charge in [-0.2, -0.15) is 0 Å². The molecule has 0 saturated carbocycles. The van der Waals surface area contributed by atoms with Gasteiger partial charge >= 0.3 is 12.2 Å². The molecule has 0 N–H and O–H groups in total. The van der Waals surface area contributed by atoms with E-state index in [9.17, 15) is 22.2 Å². The molecule has 2 heterocycles. The van der Waals surface area contributed by atoms with E-state index in [1.165, 1.54) is 6.26 Å². The average molecular weight is 771 g/mol. The largest absolute Gasteiger partial charge is 0.444 e. The Labute approximate surface area is 321 Å². The van der Waals surface area contributed by atoms with Gasteiger partial charge in [0.15, 0.2) is 9.84 Å². The zero-order valence-electron chi connectivity index (χ0n) is 33.1. The number of piperidine rings is 2. The third-order valence-electron chi connectivity index (χ3n) is 9.16. The van der Waals surface area contributed by atoms with Gasteiger partial charge in [-0.1, -0.05) is 48.6 Å². The topological polar surface area (TPSA) is 110 Å². The summed E-state index contributed by atoms with van der Waals surface area (Å²) in [6.07, 6.45) is 19.4. The Morgan fingerprint density at radius 3 is 1.38 bits per heavy atom. The smallest absolute Gasteiger partial charge is 0.410 e. The number of allylic oxidation sites excluding steroid dienone is 2. The Kier molecular flexibility index (Phi) is 16.8. The van der Waals surface area contributed by atoms with Crippen LogP contribution in [0.4, 0.5) is 9.59 Å². The Bertz CT molecular complexity index is 1640. The van der Waals surface area contributed by atoms with Crippen molar-refractivity contribution in [3.05, 3.63) is 71.8 Å². The highest BCUT2D eigenvalue weighted by molar-refractivity contribution is 7.90. The maximum atomic E-state index is 12.1. The maximum Gasteiger partial charge on any atom is 0.410 e. The molecule has 0 bridgehead atoms. The van der Waals surface area contributed by atoms with Gasteiger partial charge in [0.05, 0.1) is 4.90 Å². The minimum absolute atomic E-state index is 0.188. The first kappa shape index (κ1) is 44.0. The number of amides is 2. The molecule has 0 spiro atoms. The Morgan fingerprint density at radius 1 is 0.698 bits per heavy atom. The normalized spacial score (nSPS) is 17.1. The van der Waals surface area contributed by atoms with Crippen molar-refractivity contribution in [1.82, 2.24) is 9.80 Å². The number of hydrogen-bond acceptors (Lipinski definition) is 7. The third kappa shape index (κ3) is 17.1. The van der Waals surface area contributed by atoms with Crippen molar-refractivity contribution in [2.24, 2.45) is 11.8 Å². The zero-order chi connectivity index (χ0) is 39.2. The molecule has 1 atom stereocenters. The van der Waals surface area contributed by atoms with Crippen LogP contribution in [0, 0.1) is 11.8 Å². The van der Waals surface area contributed by atoms with Gasteiger partial charge in [-0.05, 0) is 140 Å². The Balaban J connectivity index is 0.000000286. The lowest BCUT2D eigenvalue weighted by Gasteiger charge is -2.33. The molecule has 1 unspecified atom stereocenters. The summed E-state index contributed by atoms with van der Waals surface area (Å²) in [6, 6.07) is 14.8. The molecule has 0 radical (unpaired) electrons. The van der Waals surface area contributed by atoms with Crippen molar-refractivity contribution < 1.29 is 31.7 Å². The van der Waals surface area contributed by atoms with Gasteiger partial charge in [0.25, 0.3) is 0 Å². The molecule has 4 rings (SSSR count). The van der Waals surface area contributed by atoms with E-state index in [1.807, 2.05) is 88.9 Å². The van der Waals surface area contributed by atoms with E-state index >= 15 is 0 Å². The molecule has 9 nitrogen and oxygen atoms in total. The minimum Gasteiger partial charge on any atom is -0.444 e. The highest BCUT2D eigenvalue weighted by atomic mass is 32.2. The van der Waals surface area contributed by atoms with E-state index in [0.29, 0.717) is 16.7 Å². The van der Waals surface area contributed by atoms with Crippen molar-refractivity contribution in [2.75, 3.05) is 38.7 Å². The van der Waals surface area contributed by atoms with Gasteiger partial charge in [0.2, 0.25) is 0 Å². The van der Waals surface area contributed by atoms with Crippen LogP contribution in [-0.4, -0.2) is 84.5 Å². The monoisotopic (exact) mass is 770 g/mol. The predicted molar refractivity (Wildman–Crippen MR) is 216 cm³/mol. The van der Waals surface area contributed by atoms with E-state index in [2.05, 4.69) is 18.2 Å². The first-order chi connectivity index (χ1) is 24.8. The fourth-order valence-corrected chi connectivity index (χ4v) is 7.31. The number of nitrogens with zero attached hydrogens (tertiary/aromatic N) is 2. The van der Waals surface area contributed by atoms with Crippen molar-refractivity contribution in [2.45, 2.75) is 114 Å². The predicted octanol–water partition coefficient (Wildman–Crippen LogP) is 9.40. The molecular weight excluding hydrogens is 709 g/mol. The minimum atomic E-state index is -3.14. The lowest BCUT2D eigenvalue weighted by molar-refractivity contribution is 0.0171. The fraction of sp³-hybridized carbons (Fsp3) is 0.571. The van der Waals surface area contributed by atoms with Gasteiger partial charge in [-0.25, -0.2) is 18.0 Å². The molecule has 0 aromatic heterocycles. The van der Waals surface area contributed by atoms with Gasteiger partial charge in [-0.15, -0.1) is 0 Å². The van der Waals surface area contributed by atoms with Gasteiger partial charge in [-0.3, -0.25) is 4.21 Å². The second-order valence-electron chi connectivity index (χ2n) is 16.1. The van der Waals surface area contributed by atoms with Crippen LogP contribution in [0.2, 0.25) is 0 Å². The van der Waals surface area contributed by atoms with Crippen LogP contribution >= 0.6 is 0 Å². The third-order valence-corrected chi connectivity index (χ3v) is 11.2. The molecule has 53 heavy (non-hydrogen) atoms. The van der Waals surface area contributed by atoms with Gasteiger partial charge < -0.3 is 19.3 Å². The van der Waals surface area contributed by atoms with E-state index < -0.39 is 31.8 Å². The molecular formula is C42H62N2O7S2. The maximum absolute atomic E-state index is 12.1. The first-order valence-electron chi connectivity index (χ1n) is 18.8. The zero-order valence-corrected chi connectivity index (χ0v) is 34.8. The second kappa shape index (κ2) is 20.3. The molecule has 2 fully saturated rings. The highest BCUT2D eigenvalue weighted by Crippen LogP contribution is 2.25. The molecule has 2 aliphatic rings. The van der Waals surface area contributed by atoms with E-state index in [0.717, 1.165) is 93.6 Å². The van der Waals surface area contributed by atoms with E-state index in [4.69, 9.17) is 9.47 Å². The van der Waals surface area contributed by atoms with Gasteiger partial charge in [0.1, 0.15) is 11.2 Å². The van der Waals surface area contributed by atoms with E-state index in [1.54, 1.807) is 23.3 Å². The summed E-state index contributed by atoms with van der Waals surface area (Å²) in [5, 5.41) is 0. The fourth-order valence-electron chi connectivity index (χ4n) is 6.16. The summed E-state index contributed by atoms with van der Waals surface area (Å²) in [5.41, 5.74) is 1.27. The average Bonchev–Trinajstić information content (AvgIpc) is 3.08.